The Morgan fingerprint density at radius 3 is 2.43 bits per heavy atom. The monoisotopic (exact) mass is 540 g/mol. The van der Waals surface area contributed by atoms with Gasteiger partial charge in [-0.2, -0.15) is 13.2 Å². The van der Waals surface area contributed by atoms with Gasteiger partial charge >= 0.3 is 6.18 Å². The molecule has 5 N–H and O–H groups in total. The van der Waals surface area contributed by atoms with E-state index in [-0.39, 0.29) is 26.8 Å². The number of methoxy groups -OCH3 is 1. The third-order valence-electron chi connectivity index (χ3n) is 4.97. The fourth-order valence-corrected chi connectivity index (χ4v) is 4.52. The van der Waals surface area contributed by atoms with Crippen molar-refractivity contribution >= 4 is 40.9 Å². The smallest absolute Gasteiger partial charge is 0.387 e. The van der Waals surface area contributed by atoms with E-state index in [2.05, 4.69) is 10.6 Å². The number of allylic oxidation sites excluding steroid dienone is 1. The normalized spacial score (nSPS) is 20.4. The number of benzene rings is 1. The highest BCUT2D eigenvalue weighted by atomic mass is 35.5. The Bertz CT molecular complexity index is 970. The zero-order valence-electron chi connectivity index (χ0n) is 19.4. The fraction of sp³-hybridized carbons (Fsp3) is 0.545. The molecule has 2 amide bonds. The minimum Gasteiger partial charge on any atom is -0.387 e. The van der Waals surface area contributed by atoms with Crippen LogP contribution in [0.2, 0.25) is 5.02 Å². The molecule has 0 fully saturated rings. The lowest BCUT2D eigenvalue weighted by Gasteiger charge is -2.28. The van der Waals surface area contributed by atoms with E-state index in [4.69, 9.17) is 16.3 Å². The molecule has 0 spiro atoms. The summed E-state index contributed by atoms with van der Waals surface area (Å²) >= 11 is 6.95. The summed E-state index contributed by atoms with van der Waals surface area (Å²) in [6.07, 6.45) is -8.59. The molecule has 0 aromatic heterocycles. The molecule has 0 unspecified atom stereocenters. The summed E-state index contributed by atoms with van der Waals surface area (Å²) in [5.74, 6) is -1.86. The van der Waals surface area contributed by atoms with Gasteiger partial charge < -0.3 is 30.7 Å². The molecule has 35 heavy (non-hydrogen) atoms. The first-order valence-corrected chi connectivity index (χ1v) is 11.8. The summed E-state index contributed by atoms with van der Waals surface area (Å²) in [7, 11) is 1.09. The highest BCUT2D eigenvalue weighted by Gasteiger charge is 2.38. The lowest BCUT2D eigenvalue weighted by atomic mass is 9.94. The zero-order valence-corrected chi connectivity index (χ0v) is 21.0. The standard InChI is InChI=1S/C22H28ClF3N2O6S/c1-21(2,3)6-5-14(29)15(30)16(31)17(34-4)20(33)28-13-9-35-18-11(23)7-10(22(24,25)26)8-12(18)27-19(13)32/h5-8,13-17,29-31H,9H2,1-4H3,(H,27,32)(H,28,33)/t13-,14+,15-,16+,17+/m0/s1. The maximum atomic E-state index is 13.1. The molecule has 1 heterocycles. The number of hydrogen-bond donors (Lipinski definition) is 5. The second kappa shape index (κ2) is 11.5. The van der Waals surface area contributed by atoms with Crippen molar-refractivity contribution in [1.82, 2.24) is 5.32 Å². The number of anilines is 1. The molecule has 0 radical (unpaired) electrons. The van der Waals surface area contributed by atoms with Crippen molar-refractivity contribution in [2.45, 2.75) is 62.3 Å². The van der Waals surface area contributed by atoms with Crippen molar-refractivity contribution in [2.75, 3.05) is 18.2 Å². The Morgan fingerprint density at radius 1 is 1.26 bits per heavy atom. The van der Waals surface area contributed by atoms with Gasteiger partial charge in [-0.1, -0.05) is 44.5 Å². The Labute approximate surface area is 209 Å². The molecule has 2 rings (SSSR count). The van der Waals surface area contributed by atoms with Gasteiger partial charge in [-0.05, 0) is 17.5 Å². The molecule has 196 valence electrons. The first kappa shape index (κ1) is 29.4. The number of rotatable bonds is 7. The second-order valence-electron chi connectivity index (χ2n) is 9.05. The number of carbonyl (C=O) groups is 2. The predicted molar refractivity (Wildman–Crippen MR) is 125 cm³/mol. The van der Waals surface area contributed by atoms with E-state index in [1.807, 2.05) is 20.8 Å². The summed E-state index contributed by atoms with van der Waals surface area (Å²) < 4.78 is 44.3. The number of aliphatic hydroxyl groups excluding tert-OH is 3. The van der Waals surface area contributed by atoms with Gasteiger partial charge in [0.15, 0.2) is 6.10 Å². The Hall–Kier alpha value is -1.83. The molecule has 1 aliphatic rings. The summed E-state index contributed by atoms with van der Waals surface area (Å²) in [5.41, 5.74) is -1.50. The van der Waals surface area contributed by atoms with E-state index in [1.165, 1.54) is 6.08 Å². The number of alkyl halides is 3. The van der Waals surface area contributed by atoms with Crippen LogP contribution in [0.4, 0.5) is 18.9 Å². The van der Waals surface area contributed by atoms with E-state index < -0.39 is 54.0 Å². The average Bonchev–Trinajstić information content (AvgIpc) is 2.89. The topological polar surface area (TPSA) is 128 Å². The number of thioether (sulfide) groups is 1. The third-order valence-corrected chi connectivity index (χ3v) is 6.61. The second-order valence-corrected chi connectivity index (χ2v) is 10.5. The Kier molecular flexibility index (Phi) is 9.65. The van der Waals surface area contributed by atoms with Crippen molar-refractivity contribution < 1.29 is 42.8 Å². The van der Waals surface area contributed by atoms with E-state index in [1.54, 1.807) is 6.08 Å². The lowest BCUT2D eigenvalue weighted by molar-refractivity contribution is -0.150. The molecule has 0 bridgehead atoms. The van der Waals surface area contributed by atoms with Crippen LogP contribution in [0.25, 0.3) is 0 Å². The van der Waals surface area contributed by atoms with E-state index in [0.717, 1.165) is 31.0 Å². The quantitative estimate of drug-likeness (QED) is 0.336. The summed E-state index contributed by atoms with van der Waals surface area (Å²) in [4.78, 5) is 25.6. The van der Waals surface area contributed by atoms with Crippen LogP contribution < -0.4 is 10.6 Å². The minimum atomic E-state index is -4.68. The molecular weight excluding hydrogens is 513 g/mol. The van der Waals surface area contributed by atoms with Crippen LogP contribution in [0.3, 0.4) is 0 Å². The number of aliphatic hydroxyl groups is 3. The van der Waals surface area contributed by atoms with E-state index in [9.17, 15) is 38.1 Å². The Balaban J connectivity index is 2.14. The van der Waals surface area contributed by atoms with Gasteiger partial charge in [-0.3, -0.25) is 9.59 Å². The SMILES string of the molecule is CO[C@@H](C(=O)N[C@H]1CSc2c(Cl)cc(C(F)(F)F)cc2NC1=O)[C@H](O)[C@@H](O)[C@H](O)C=CC(C)(C)C. The first-order chi connectivity index (χ1) is 16.0. The highest BCUT2D eigenvalue weighted by Crippen LogP contribution is 2.41. The van der Waals surface area contributed by atoms with Crippen LogP contribution in [0, 0.1) is 5.41 Å². The molecule has 0 saturated carbocycles. The van der Waals surface area contributed by atoms with Gasteiger partial charge in [0, 0.05) is 17.8 Å². The van der Waals surface area contributed by atoms with Crippen LogP contribution in [0.15, 0.2) is 29.2 Å². The van der Waals surface area contributed by atoms with Crippen LogP contribution >= 0.6 is 23.4 Å². The molecule has 8 nitrogen and oxygen atoms in total. The van der Waals surface area contributed by atoms with Gasteiger partial charge in [0.2, 0.25) is 5.91 Å². The maximum Gasteiger partial charge on any atom is 0.416 e. The lowest BCUT2D eigenvalue weighted by Crippen LogP contribution is -2.55. The third kappa shape index (κ3) is 7.83. The largest absolute Gasteiger partial charge is 0.416 e. The number of nitrogens with one attached hydrogen (secondary N) is 2. The summed E-state index contributed by atoms with van der Waals surface area (Å²) in [6.45, 7) is 5.57. The highest BCUT2D eigenvalue weighted by molar-refractivity contribution is 7.99. The number of hydrogen-bond acceptors (Lipinski definition) is 7. The maximum absolute atomic E-state index is 13.1. The van der Waals surface area contributed by atoms with E-state index in [0.29, 0.717) is 0 Å². The first-order valence-electron chi connectivity index (χ1n) is 10.5. The zero-order chi connectivity index (χ0) is 26.7. The molecule has 1 aromatic carbocycles. The van der Waals surface area contributed by atoms with E-state index >= 15 is 0 Å². The predicted octanol–water partition coefficient (Wildman–Crippen LogP) is 2.59. The molecule has 0 aliphatic carbocycles. The fourth-order valence-electron chi connectivity index (χ4n) is 3.10. The van der Waals surface area contributed by atoms with Crippen molar-refractivity contribution in [3.8, 4) is 0 Å². The molecule has 1 aliphatic heterocycles. The van der Waals surface area contributed by atoms with Gasteiger partial charge in [-0.15, -0.1) is 11.8 Å². The number of carbonyl (C=O) groups excluding carboxylic acids is 2. The van der Waals surface area contributed by atoms with Crippen molar-refractivity contribution in [3.63, 3.8) is 0 Å². The van der Waals surface area contributed by atoms with Gasteiger partial charge in [0.25, 0.3) is 5.91 Å². The summed E-state index contributed by atoms with van der Waals surface area (Å²) in [5, 5.41) is 35.3. The van der Waals surface area contributed by atoms with Crippen LogP contribution in [0.1, 0.15) is 26.3 Å². The molecule has 5 atom stereocenters. The van der Waals surface area contributed by atoms with Crippen LogP contribution in [0.5, 0.6) is 0 Å². The van der Waals surface area contributed by atoms with Crippen molar-refractivity contribution in [1.29, 1.82) is 0 Å². The average molecular weight is 541 g/mol. The van der Waals surface area contributed by atoms with Crippen molar-refractivity contribution in [3.05, 3.63) is 34.9 Å². The van der Waals surface area contributed by atoms with Crippen LogP contribution in [-0.4, -0.2) is 70.5 Å². The number of ether oxygens (including phenoxy) is 1. The minimum absolute atomic E-state index is 0.0817. The number of amides is 2. The summed E-state index contributed by atoms with van der Waals surface area (Å²) in [6, 6.07) is 0.273. The molecule has 0 saturated heterocycles. The van der Waals surface area contributed by atoms with Crippen molar-refractivity contribution in [2.24, 2.45) is 5.41 Å². The Morgan fingerprint density at radius 2 is 1.89 bits per heavy atom. The number of halogens is 4. The molecular formula is C22H28ClF3N2O6S. The van der Waals surface area contributed by atoms with Gasteiger partial charge in [0.05, 0.1) is 16.3 Å². The molecule has 1 aromatic rings. The molecule has 13 heteroatoms. The number of fused-ring (bicyclic) bond motifs is 1. The van der Waals surface area contributed by atoms with Gasteiger partial charge in [-0.25, -0.2) is 0 Å². The van der Waals surface area contributed by atoms with Gasteiger partial charge in [0.1, 0.15) is 24.4 Å². The van der Waals surface area contributed by atoms with Crippen LogP contribution in [-0.2, 0) is 20.5 Å².